The van der Waals surface area contributed by atoms with Crippen LogP contribution in [0.5, 0.6) is 11.5 Å². The van der Waals surface area contributed by atoms with E-state index in [0.717, 1.165) is 63.4 Å². The smallest absolute Gasteiger partial charge is 0.407 e. The molecule has 7 nitrogen and oxygen atoms in total. The molecule has 0 saturated heterocycles. The first-order valence-electron chi connectivity index (χ1n) is 15.4. The van der Waals surface area contributed by atoms with Crippen molar-refractivity contribution in [2.24, 2.45) is 22.7 Å². The van der Waals surface area contributed by atoms with Gasteiger partial charge in [-0.3, -0.25) is 4.79 Å². The van der Waals surface area contributed by atoms with Crippen LogP contribution in [0, 0.1) is 22.7 Å². The number of methoxy groups -OCH3 is 2. The van der Waals surface area contributed by atoms with Gasteiger partial charge in [0.25, 0.3) is 0 Å². The van der Waals surface area contributed by atoms with E-state index in [1.54, 1.807) is 14.2 Å². The Labute approximate surface area is 258 Å². The fourth-order valence-corrected chi connectivity index (χ4v) is 7.44. The molecule has 2 fully saturated rings. The van der Waals surface area contributed by atoms with E-state index < -0.39 is 11.7 Å². The topological polar surface area (TPSA) is 83.1 Å². The van der Waals surface area contributed by atoms with Gasteiger partial charge in [-0.1, -0.05) is 44.0 Å². The number of fused-ring (bicyclic) bond motifs is 1. The highest BCUT2D eigenvalue weighted by Crippen LogP contribution is 2.62. The normalized spacial score (nSPS) is 25.8. The van der Waals surface area contributed by atoms with Crippen LogP contribution in [-0.2, 0) is 20.7 Å². The quantitative estimate of drug-likeness (QED) is 0.147. The highest BCUT2D eigenvalue weighted by molar-refractivity contribution is 6.32. The molecule has 0 spiro atoms. The largest absolute Gasteiger partial charge is 0.497 e. The number of halogens is 1. The zero-order valence-electron chi connectivity index (χ0n) is 26.8. The first-order chi connectivity index (χ1) is 19.7. The number of esters is 1. The highest BCUT2D eigenvalue weighted by atomic mass is 35.5. The van der Waals surface area contributed by atoms with Crippen molar-refractivity contribution in [3.05, 3.63) is 34.9 Å². The number of nitrogens with one attached hydrogen (secondary N) is 1. The Bertz CT molecular complexity index is 1110. The van der Waals surface area contributed by atoms with Crippen LogP contribution in [-0.4, -0.2) is 45.0 Å². The zero-order chi connectivity index (χ0) is 31.1. The second kappa shape index (κ2) is 14.4. The Balaban J connectivity index is 1.64. The molecular formula is C34H52ClNO6. The maximum absolute atomic E-state index is 12.8. The van der Waals surface area contributed by atoms with Crippen molar-refractivity contribution < 1.29 is 28.5 Å². The molecule has 0 bridgehead atoms. The van der Waals surface area contributed by atoms with Crippen LogP contribution in [0.3, 0.4) is 0 Å². The van der Waals surface area contributed by atoms with E-state index in [-0.39, 0.29) is 22.7 Å². The van der Waals surface area contributed by atoms with Gasteiger partial charge >= 0.3 is 12.1 Å². The third kappa shape index (κ3) is 8.36. The van der Waals surface area contributed by atoms with Gasteiger partial charge in [0.1, 0.15) is 17.1 Å². The molecule has 42 heavy (non-hydrogen) atoms. The van der Waals surface area contributed by atoms with Crippen molar-refractivity contribution >= 4 is 23.7 Å². The number of carbonyl (C=O) groups excluding carboxylic acids is 2. The average molecular weight is 606 g/mol. The van der Waals surface area contributed by atoms with Crippen molar-refractivity contribution in [1.82, 2.24) is 5.32 Å². The van der Waals surface area contributed by atoms with Crippen LogP contribution < -0.4 is 14.8 Å². The van der Waals surface area contributed by atoms with E-state index in [0.29, 0.717) is 42.0 Å². The molecule has 1 N–H and O–H groups in total. The summed E-state index contributed by atoms with van der Waals surface area (Å²) in [5.74, 6) is 1.74. The van der Waals surface area contributed by atoms with Crippen molar-refractivity contribution in [2.45, 2.75) is 104 Å². The zero-order valence-corrected chi connectivity index (χ0v) is 27.6. The standard InChI is InChI=1S/C34H52ClNO6/c1-23-13-12-14-28-33(23,5)17-16-25(34(28,6)21-24-19-26(39-7)20-27(40-8)30(24)35)22-41-29(37)15-10-9-11-18-36-31(38)42-32(2,3)4/h19-20,25,28H,1,9-18,21-22H2,2-8H3,(H,36,38)/t25-,28-,33-,34-/m1/s1. The molecule has 3 rings (SSSR count). The summed E-state index contributed by atoms with van der Waals surface area (Å²) in [6.07, 6.45) is 8.34. The Morgan fingerprint density at radius 2 is 1.83 bits per heavy atom. The van der Waals surface area contributed by atoms with Gasteiger partial charge in [0.15, 0.2) is 0 Å². The van der Waals surface area contributed by atoms with E-state index >= 15 is 0 Å². The number of carbonyl (C=O) groups is 2. The van der Waals surface area contributed by atoms with E-state index in [9.17, 15) is 9.59 Å². The summed E-state index contributed by atoms with van der Waals surface area (Å²) in [5, 5.41) is 3.37. The molecule has 1 aromatic carbocycles. The van der Waals surface area contributed by atoms with Gasteiger partial charge < -0.3 is 24.3 Å². The van der Waals surface area contributed by atoms with Crippen LogP contribution >= 0.6 is 11.6 Å². The van der Waals surface area contributed by atoms with E-state index in [1.165, 1.54) is 5.57 Å². The molecule has 0 aliphatic heterocycles. The number of hydrogen-bond acceptors (Lipinski definition) is 6. The SMILES string of the molecule is C=C1CCC[C@H]2[C@](C)(Cc3cc(OC)cc(OC)c3Cl)[C@@H](COC(=O)CCCCCNC(=O)OC(C)(C)C)CC[C@]12C. The Morgan fingerprint density at radius 3 is 2.50 bits per heavy atom. The number of rotatable bonds is 12. The lowest BCUT2D eigenvalue weighted by Gasteiger charge is -2.59. The first kappa shape index (κ1) is 34.1. The fraction of sp³-hybridized carbons (Fsp3) is 0.706. The molecule has 0 aromatic heterocycles. The number of hydrogen-bond donors (Lipinski definition) is 1. The molecule has 8 heteroatoms. The lowest BCUT2D eigenvalue weighted by Crippen LogP contribution is -2.53. The van der Waals surface area contributed by atoms with Gasteiger partial charge in [0, 0.05) is 19.0 Å². The summed E-state index contributed by atoms with van der Waals surface area (Å²) in [4.78, 5) is 24.6. The van der Waals surface area contributed by atoms with Crippen LogP contribution in [0.4, 0.5) is 4.79 Å². The predicted octanol–water partition coefficient (Wildman–Crippen LogP) is 8.31. The third-order valence-corrected chi connectivity index (χ3v) is 10.0. The number of unbranched alkanes of at least 4 members (excludes halogenated alkanes) is 2. The Morgan fingerprint density at radius 1 is 1.10 bits per heavy atom. The number of benzene rings is 1. The minimum Gasteiger partial charge on any atom is -0.497 e. The van der Waals surface area contributed by atoms with Crippen LogP contribution in [0.1, 0.15) is 98.0 Å². The summed E-state index contributed by atoms with van der Waals surface area (Å²) in [6, 6.07) is 3.83. The molecule has 2 aliphatic carbocycles. The lowest BCUT2D eigenvalue weighted by molar-refractivity contribution is -0.150. The van der Waals surface area contributed by atoms with E-state index in [1.807, 2.05) is 32.9 Å². The first-order valence-corrected chi connectivity index (χ1v) is 15.8. The van der Waals surface area contributed by atoms with Gasteiger partial charge in [-0.2, -0.15) is 0 Å². The van der Waals surface area contributed by atoms with Gasteiger partial charge in [0.05, 0.1) is 25.8 Å². The van der Waals surface area contributed by atoms with Gasteiger partial charge in [-0.05, 0) is 106 Å². The summed E-state index contributed by atoms with van der Waals surface area (Å²) >= 11 is 6.86. The summed E-state index contributed by atoms with van der Waals surface area (Å²) in [7, 11) is 3.27. The number of allylic oxidation sites excluding steroid dienone is 1. The van der Waals surface area contributed by atoms with Crippen molar-refractivity contribution in [2.75, 3.05) is 27.4 Å². The lowest BCUT2D eigenvalue weighted by atomic mass is 9.46. The van der Waals surface area contributed by atoms with E-state index in [4.69, 9.17) is 30.5 Å². The van der Waals surface area contributed by atoms with Crippen molar-refractivity contribution in [3.8, 4) is 11.5 Å². The number of alkyl carbamates (subject to hydrolysis) is 1. The molecule has 0 unspecified atom stereocenters. The second-order valence-electron chi connectivity index (χ2n) is 13.6. The fourth-order valence-electron chi connectivity index (χ4n) is 7.18. The molecule has 2 saturated carbocycles. The molecular weight excluding hydrogens is 554 g/mol. The van der Waals surface area contributed by atoms with Crippen LogP contribution in [0.15, 0.2) is 24.3 Å². The van der Waals surface area contributed by atoms with Crippen molar-refractivity contribution in [3.63, 3.8) is 0 Å². The highest BCUT2D eigenvalue weighted by Gasteiger charge is 2.55. The number of amides is 1. The average Bonchev–Trinajstić information content (AvgIpc) is 2.91. The van der Waals surface area contributed by atoms with E-state index in [2.05, 4.69) is 25.7 Å². The van der Waals surface area contributed by atoms with Crippen molar-refractivity contribution in [1.29, 1.82) is 0 Å². The monoisotopic (exact) mass is 605 g/mol. The Kier molecular flexibility index (Phi) is 11.7. The maximum Gasteiger partial charge on any atom is 0.407 e. The van der Waals surface area contributed by atoms with Crippen LogP contribution in [0.2, 0.25) is 5.02 Å². The Hall–Kier alpha value is -2.41. The molecule has 0 radical (unpaired) electrons. The summed E-state index contributed by atoms with van der Waals surface area (Å²) in [5.41, 5.74) is 1.71. The molecule has 1 amide bonds. The van der Waals surface area contributed by atoms with Crippen LogP contribution in [0.25, 0.3) is 0 Å². The van der Waals surface area contributed by atoms with Gasteiger partial charge in [0.2, 0.25) is 0 Å². The summed E-state index contributed by atoms with van der Waals surface area (Å²) < 4.78 is 22.3. The minimum absolute atomic E-state index is 0.0519. The van der Waals surface area contributed by atoms with Gasteiger partial charge in [-0.25, -0.2) is 4.79 Å². The molecule has 1 aromatic rings. The predicted molar refractivity (Wildman–Crippen MR) is 167 cm³/mol. The molecule has 236 valence electrons. The molecule has 2 aliphatic rings. The third-order valence-electron chi connectivity index (χ3n) is 9.58. The maximum atomic E-state index is 12.8. The minimum atomic E-state index is -0.515. The molecule has 0 heterocycles. The molecule has 4 atom stereocenters. The second-order valence-corrected chi connectivity index (χ2v) is 14.0. The number of ether oxygens (including phenoxy) is 4. The summed E-state index contributed by atoms with van der Waals surface area (Å²) in [6.45, 7) is 15.7. The van der Waals surface area contributed by atoms with Gasteiger partial charge in [-0.15, -0.1) is 0 Å².